The van der Waals surface area contributed by atoms with Crippen molar-refractivity contribution in [3.63, 3.8) is 0 Å². The molecule has 0 unspecified atom stereocenters. The van der Waals surface area contributed by atoms with E-state index in [1.165, 1.54) is 0 Å². The van der Waals surface area contributed by atoms with Crippen molar-refractivity contribution in [3.05, 3.63) is 0 Å². The van der Waals surface area contributed by atoms with E-state index < -0.39 is 7.82 Å². The summed E-state index contributed by atoms with van der Waals surface area (Å²) in [5.74, 6) is 0. The summed E-state index contributed by atoms with van der Waals surface area (Å²) in [6, 6.07) is 0. The fraction of sp³-hybridized carbons (Fsp3) is 1.00. The maximum Gasteiger partial charge on any atom is 1.00 e. The van der Waals surface area contributed by atoms with Crippen molar-refractivity contribution in [3.8, 4) is 0 Å². The van der Waals surface area contributed by atoms with E-state index in [9.17, 15) is 4.57 Å². The molecule has 0 rings (SSSR count). The predicted molar refractivity (Wildman–Crippen MR) is 20.2 cm³/mol. The van der Waals surface area contributed by atoms with Crippen molar-refractivity contribution in [2.75, 3.05) is 7.11 Å². The average molecular weight is 231 g/mol. The van der Waals surface area contributed by atoms with Gasteiger partial charge in [-0.1, -0.05) is 0 Å². The second kappa shape index (κ2) is 9.75. The van der Waals surface area contributed by atoms with Crippen LogP contribution in [-0.2, 0) is 43.2 Å². The quantitative estimate of drug-likeness (QED) is 0.369. The smallest absolute Gasteiger partial charge is 1.00 e. The fourth-order valence-electron chi connectivity index (χ4n) is 0. The molecule has 0 fully saturated rings. The van der Waals surface area contributed by atoms with E-state index in [-0.39, 0.29) is 54.4 Å². The molecule has 0 spiro atoms. The molecule has 0 aliphatic rings. The van der Waals surface area contributed by atoms with Gasteiger partial charge in [0.2, 0.25) is 0 Å². The normalized spacial score (nSPS) is 7.89. The van der Waals surface area contributed by atoms with Gasteiger partial charge in [0.05, 0.1) is 0 Å². The van der Waals surface area contributed by atoms with Crippen LogP contribution in [0.15, 0.2) is 0 Å². The van der Waals surface area contributed by atoms with E-state index in [0.717, 1.165) is 7.11 Å². The molecule has 0 atom stereocenters. The van der Waals surface area contributed by atoms with Crippen molar-refractivity contribution < 1.29 is 73.3 Å². The summed E-state index contributed by atoms with van der Waals surface area (Å²) in [5.41, 5.74) is 0. The molecule has 1 radical (unpaired) electrons. The largest absolute Gasteiger partial charge is 1.00 e. The minimum atomic E-state index is -4.15. The second-order valence-corrected chi connectivity index (χ2v) is 2.02. The Morgan fingerprint density at radius 1 is 1.56 bits per heavy atom. The molecule has 2 N–H and O–H groups in total. The van der Waals surface area contributed by atoms with Crippen LogP contribution in [0.2, 0.25) is 0 Å². The van der Waals surface area contributed by atoms with Gasteiger partial charge in [-0.25, -0.2) is 4.57 Å². The van der Waals surface area contributed by atoms with E-state index >= 15 is 0 Å². The topological polar surface area (TPSA) is 66.8 Å². The Balaban J connectivity index is -0.0000000208. The summed E-state index contributed by atoms with van der Waals surface area (Å²) >= 11 is 0. The third kappa shape index (κ3) is 26.0. The molecule has 0 saturated carbocycles. The molecule has 0 aromatic carbocycles. The molecule has 8 heteroatoms. The summed E-state index contributed by atoms with van der Waals surface area (Å²) in [4.78, 5) is 15.4. The zero-order valence-electron chi connectivity index (χ0n) is 5.89. The second-order valence-electron chi connectivity index (χ2n) is 0.673. The van der Waals surface area contributed by atoms with Crippen LogP contribution in [0, 0.1) is 0 Å². The Morgan fingerprint density at radius 2 is 1.67 bits per heavy atom. The Labute approximate surface area is 88.0 Å². The fourth-order valence-corrected chi connectivity index (χ4v) is 0. The van der Waals surface area contributed by atoms with Crippen LogP contribution in [0.3, 0.4) is 0 Å². The van der Waals surface area contributed by atoms with Crippen LogP contribution in [0.5, 0.6) is 0 Å². The number of rotatable bonds is 1. The summed E-state index contributed by atoms with van der Waals surface area (Å²) < 4.78 is 13.1. The molecule has 0 aromatic heterocycles. The Bertz CT molecular complexity index is 89.3. The molecule has 0 saturated heterocycles. The predicted octanol–water partition coefficient (Wildman–Crippen LogP) is -3.16. The number of hydrogen-bond acceptors (Lipinski definition) is 2. The van der Waals surface area contributed by atoms with Gasteiger partial charge in [0.15, 0.2) is 0 Å². The maximum absolute atomic E-state index is 9.47. The zero-order valence-corrected chi connectivity index (χ0v) is 8.07. The van der Waals surface area contributed by atoms with E-state index in [1.807, 2.05) is 0 Å². The number of phosphoric ester groups is 1. The third-order valence-electron chi connectivity index (χ3n) is 0.238. The van der Waals surface area contributed by atoms with E-state index in [4.69, 9.17) is 9.79 Å². The molecule has 55 valence electrons. The van der Waals surface area contributed by atoms with Gasteiger partial charge in [-0.05, 0) is 0 Å². The zero-order chi connectivity index (χ0) is 5.21. The van der Waals surface area contributed by atoms with Gasteiger partial charge in [-0.3, -0.25) is 4.52 Å². The van der Waals surface area contributed by atoms with Crippen LogP contribution in [0.1, 0.15) is 1.43 Å². The van der Waals surface area contributed by atoms with Crippen molar-refractivity contribution in [2.45, 2.75) is 0 Å². The third-order valence-corrected chi connectivity index (χ3v) is 0.714. The standard InChI is InChI=1S/CH5O4P.Fe.Li.Mn.H/c1-5-6(2,3)4;;;;/h1H3,(H2,2,3,4);;;;/q;;+1;;-1. The van der Waals surface area contributed by atoms with Crippen LogP contribution in [0.4, 0.5) is 0 Å². The first-order valence-electron chi connectivity index (χ1n) is 1.17. The average Bonchev–Trinajstić information content (AvgIpc) is 1.35. The molecular weight excluding hydrogens is 225 g/mol. The maximum atomic E-state index is 9.47. The van der Waals surface area contributed by atoms with Gasteiger partial charge in [-0.15, -0.1) is 0 Å². The Hall–Kier alpha value is 1.75. The van der Waals surface area contributed by atoms with Crippen LogP contribution >= 0.6 is 7.82 Å². The SMILES string of the molecule is COP(=O)(O)O.[Fe].[H-].[Li+].[Mn]. The van der Waals surface area contributed by atoms with Crippen molar-refractivity contribution in [1.82, 2.24) is 0 Å². The van der Waals surface area contributed by atoms with Gasteiger partial charge in [0, 0.05) is 41.2 Å². The summed E-state index contributed by atoms with van der Waals surface area (Å²) in [5, 5.41) is 0. The number of phosphoric acid groups is 1. The van der Waals surface area contributed by atoms with Gasteiger partial charge in [-0.2, -0.15) is 0 Å². The minimum Gasteiger partial charge on any atom is -1.00 e. The summed E-state index contributed by atoms with van der Waals surface area (Å²) in [7, 11) is -3.20. The van der Waals surface area contributed by atoms with Gasteiger partial charge in [0.1, 0.15) is 0 Å². The number of hydrogen-bond donors (Lipinski definition) is 2. The van der Waals surface area contributed by atoms with Crippen LogP contribution < -0.4 is 18.9 Å². The molecule has 0 heterocycles. The first kappa shape index (κ1) is 22.4. The van der Waals surface area contributed by atoms with Gasteiger partial charge >= 0.3 is 26.7 Å². The summed E-state index contributed by atoms with van der Waals surface area (Å²) in [6.07, 6.45) is 0. The molecule has 0 amide bonds. The minimum absolute atomic E-state index is 0. The first-order valence-corrected chi connectivity index (χ1v) is 2.70. The molecule has 9 heavy (non-hydrogen) atoms. The van der Waals surface area contributed by atoms with Crippen molar-refractivity contribution in [2.24, 2.45) is 0 Å². The monoisotopic (exact) mass is 231 g/mol. The molecule has 4 nitrogen and oxygen atoms in total. The molecule has 0 aliphatic carbocycles. The Morgan fingerprint density at radius 3 is 1.67 bits per heavy atom. The van der Waals surface area contributed by atoms with Crippen molar-refractivity contribution >= 4 is 7.82 Å². The van der Waals surface area contributed by atoms with Gasteiger partial charge in [0.25, 0.3) is 0 Å². The first-order chi connectivity index (χ1) is 2.56. The molecule has 0 bridgehead atoms. The van der Waals surface area contributed by atoms with Crippen LogP contribution in [-0.4, -0.2) is 16.9 Å². The van der Waals surface area contributed by atoms with E-state index in [1.54, 1.807) is 0 Å². The van der Waals surface area contributed by atoms with E-state index in [2.05, 4.69) is 4.52 Å². The molecular formula is CH6FeLiMnO4P. The summed E-state index contributed by atoms with van der Waals surface area (Å²) in [6.45, 7) is 0. The molecule has 0 aromatic rings. The van der Waals surface area contributed by atoms with Gasteiger partial charge < -0.3 is 11.2 Å². The molecule has 0 aliphatic heterocycles. The van der Waals surface area contributed by atoms with E-state index in [0.29, 0.717) is 0 Å². The van der Waals surface area contributed by atoms with Crippen molar-refractivity contribution in [1.29, 1.82) is 0 Å². The Kier molecular flexibility index (Phi) is 24.3. The van der Waals surface area contributed by atoms with Crippen LogP contribution in [0.25, 0.3) is 0 Å².